The third kappa shape index (κ3) is 4.69. The van der Waals surface area contributed by atoms with Crippen molar-refractivity contribution >= 4 is 23.2 Å². The second kappa shape index (κ2) is 8.78. The topological polar surface area (TPSA) is 62.3 Å². The second-order valence-corrected chi connectivity index (χ2v) is 10.5. The molecule has 2 aliphatic rings. The summed E-state index contributed by atoms with van der Waals surface area (Å²) in [4.78, 5) is 33.4. The van der Waals surface area contributed by atoms with Crippen molar-refractivity contribution in [3.8, 4) is 10.4 Å². The highest BCUT2D eigenvalue weighted by Gasteiger charge is 2.54. The predicted molar refractivity (Wildman–Crippen MR) is 127 cm³/mol. The molecule has 1 saturated heterocycles. The standard InChI is InChI=1S/C26H24F3N3O2S/c1-14-5-3-6-16(9-14)23-22(31-15(2)35-23)25(34)32-13-18-11-20(18)21(32)12-30-24(33)17-7-4-8-19(10-17)26(27,28)29/h3-10,18,20-21H,11-13H2,1-2H3,(H,30,33)/t18-,20-,21-/m1/s1. The van der Waals surface area contributed by atoms with Gasteiger partial charge >= 0.3 is 6.18 Å². The molecule has 2 amide bonds. The summed E-state index contributed by atoms with van der Waals surface area (Å²) in [6.45, 7) is 4.65. The highest BCUT2D eigenvalue weighted by molar-refractivity contribution is 7.15. The first-order valence-electron chi connectivity index (χ1n) is 11.4. The Morgan fingerprint density at radius 3 is 2.66 bits per heavy atom. The van der Waals surface area contributed by atoms with E-state index in [9.17, 15) is 22.8 Å². The van der Waals surface area contributed by atoms with Crippen LogP contribution in [0.25, 0.3) is 10.4 Å². The number of nitrogens with zero attached hydrogens (tertiary/aromatic N) is 2. The normalized spacial score (nSPS) is 21.1. The lowest BCUT2D eigenvalue weighted by Crippen LogP contribution is -2.45. The molecule has 2 heterocycles. The van der Waals surface area contributed by atoms with Gasteiger partial charge in [-0.05, 0) is 55.9 Å². The Morgan fingerprint density at radius 2 is 1.91 bits per heavy atom. The molecule has 3 aromatic rings. The van der Waals surface area contributed by atoms with Crippen molar-refractivity contribution in [3.05, 3.63) is 75.9 Å². The number of halogens is 3. The number of thiazole rings is 1. The number of amides is 2. The van der Waals surface area contributed by atoms with Gasteiger partial charge < -0.3 is 10.2 Å². The molecule has 9 heteroatoms. The molecule has 1 aliphatic carbocycles. The van der Waals surface area contributed by atoms with E-state index in [2.05, 4.69) is 10.3 Å². The van der Waals surface area contributed by atoms with E-state index in [1.807, 2.05) is 38.1 Å². The van der Waals surface area contributed by atoms with Crippen LogP contribution in [-0.4, -0.2) is 40.8 Å². The molecule has 0 spiro atoms. The number of hydrogen-bond donors (Lipinski definition) is 1. The molecule has 182 valence electrons. The Balaban J connectivity index is 1.34. The van der Waals surface area contributed by atoms with Crippen LogP contribution in [0.3, 0.4) is 0 Å². The average Bonchev–Trinajstić information content (AvgIpc) is 3.33. The van der Waals surface area contributed by atoms with Crippen LogP contribution in [0.1, 0.15) is 43.4 Å². The number of carbonyl (C=O) groups excluding carboxylic acids is 2. The van der Waals surface area contributed by atoms with Crippen LogP contribution < -0.4 is 5.32 Å². The summed E-state index contributed by atoms with van der Waals surface area (Å²) in [5.41, 5.74) is 1.52. The number of alkyl halides is 3. The molecule has 0 bridgehead atoms. The zero-order valence-electron chi connectivity index (χ0n) is 19.2. The summed E-state index contributed by atoms with van der Waals surface area (Å²) in [5, 5.41) is 3.55. The van der Waals surface area contributed by atoms with E-state index in [4.69, 9.17) is 0 Å². The molecule has 5 rings (SSSR count). The van der Waals surface area contributed by atoms with Gasteiger partial charge in [0.1, 0.15) is 5.69 Å². The van der Waals surface area contributed by atoms with Gasteiger partial charge in [0.05, 0.1) is 21.5 Å². The van der Waals surface area contributed by atoms with Gasteiger partial charge in [-0.15, -0.1) is 11.3 Å². The number of benzene rings is 2. The lowest BCUT2D eigenvalue weighted by Gasteiger charge is -2.27. The number of aryl methyl sites for hydroxylation is 2. The van der Waals surface area contributed by atoms with Gasteiger partial charge in [-0.3, -0.25) is 9.59 Å². The fourth-order valence-electron chi connectivity index (χ4n) is 4.89. The van der Waals surface area contributed by atoms with Crippen LogP contribution in [0, 0.1) is 25.7 Å². The van der Waals surface area contributed by atoms with Crippen LogP contribution >= 0.6 is 11.3 Å². The number of aromatic nitrogens is 1. The summed E-state index contributed by atoms with van der Waals surface area (Å²) < 4.78 is 39.1. The zero-order chi connectivity index (χ0) is 24.9. The molecule has 1 aliphatic heterocycles. The van der Waals surface area contributed by atoms with Crippen LogP contribution in [0.5, 0.6) is 0 Å². The first kappa shape index (κ1) is 23.5. The highest BCUT2D eigenvalue weighted by atomic mass is 32.1. The van der Waals surface area contributed by atoms with Gasteiger partial charge in [0.25, 0.3) is 11.8 Å². The molecular formula is C26H24F3N3O2S. The SMILES string of the molecule is Cc1cccc(-c2sc(C)nc2C(=O)N2C[C@H]3C[C@H]3[C@H]2CNC(=O)c2cccc(C(F)(F)F)c2)c1. The second-order valence-electron chi connectivity index (χ2n) is 9.25. The fourth-order valence-corrected chi connectivity index (χ4v) is 5.80. The number of nitrogens with one attached hydrogen (secondary N) is 1. The first-order chi connectivity index (χ1) is 16.6. The van der Waals surface area contributed by atoms with Crippen molar-refractivity contribution in [2.24, 2.45) is 11.8 Å². The molecule has 0 radical (unpaired) electrons. The van der Waals surface area contributed by atoms with E-state index in [0.29, 0.717) is 18.2 Å². The maximum absolute atomic E-state index is 13.6. The van der Waals surface area contributed by atoms with E-state index in [1.54, 1.807) is 4.90 Å². The molecule has 5 nitrogen and oxygen atoms in total. The third-order valence-corrected chi connectivity index (χ3v) is 7.72. The minimum Gasteiger partial charge on any atom is -0.350 e. The molecule has 2 aromatic carbocycles. The molecule has 1 aromatic heterocycles. The lowest BCUT2D eigenvalue weighted by atomic mass is 10.1. The van der Waals surface area contributed by atoms with Gasteiger partial charge in [0.2, 0.25) is 0 Å². The maximum Gasteiger partial charge on any atom is 0.416 e. The largest absolute Gasteiger partial charge is 0.416 e. The minimum atomic E-state index is -4.52. The van der Waals surface area contributed by atoms with Crippen LogP contribution in [0.15, 0.2) is 48.5 Å². The van der Waals surface area contributed by atoms with E-state index in [1.165, 1.54) is 23.5 Å². The van der Waals surface area contributed by atoms with E-state index >= 15 is 0 Å². The van der Waals surface area contributed by atoms with Crippen molar-refractivity contribution in [1.29, 1.82) is 0 Å². The fraction of sp³-hybridized carbons (Fsp3) is 0.346. The third-order valence-electron chi connectivity index (χ3n) is 6.70. The Morgan fingerprint density at radius 1 is 1.14 bits per heavy atom. The summed E-state index contributed by atoms with van der Waals surface area (Å²) in [6, 6.07) is 12.1. The number of piperidine rings is 1. The van der Waals surface area contributed by atoms with Crippen molar-refractivity contribution in [2.75, 3.05) is 13.1 Å². The molecule has 3 atom stereocenters. The molecule has 0 unspecified atom stereocenters. The summed E-state index contributed by atoms with van der Waals surface area (Å²) in [5.74, 6) is -0.0894. The Kier molecular flexibility index (Phi) is 5.91. The molecule has 35 heavy (non-hydrogen) atoms. The lowest BCUT2D eigenvalue weighted by molar-refractivity contribution is -0.137. The zero-order valence-corrected chi connectivity index (χ0v) is 20.0. The van der Waals surface area contributed by atoms with Crippen LogP contribution in [0.4, 0.5) is 13.2 Å². The Bertz CT molecular complexity index is 1300. The van der Waals surface area contributed by atoms with Gasteiger partial charge in [-0.2, -0.15) is 13.2 Å². The Labute approximate surface area is 205 Å². The monoisotopic (exact) mass is 499 g/mol. The summed E-state index contributed by atoms with van der Waals surface area (Å²) in [6.07, 6.45) is -3.54. The van der Waals surface area contributed by atoms with Crippen molar-refractivity contribution in [3.63, 3.8) is 0 Å². The highest BCUT2D eigenvalue weighted by Crippen LogP contribution is 2.50. The summed E-state index contributed by atoms with van der Waals surface area (Å²) in [7, 11) is 0. The van der Waals surface area contributed by atoms with Crippen molar-refractivity contribution in [2.45, 2.75) is 32.5 Å². The smallest absolute Gasteiger partial charge is 0.350 e. The number of rotatable bonds is 5. The quantitative estimate of drug-likeness (QED) is 0.516. The maximum atomic E-state index is 13.6. The predicted octanol–water partition coefficient (Wildman–Crippen LogP) is 5.34. The molecule has 1 saturated carbocycles. The van der Waals surface area contributed by atoms with E-state index < -0.39 is 17.6 Å². The number of fused-ring (bicyclic) bond motifs is 1. The molecule has 2 fully saturated rings. The number of carbonyl (C=O) groups is 2. The number of hydrogen-bond acceptors (Lipinski definition) is 4. The number of likely N-dealkylation sites (tertiary alicyclic amines) is 1. The van der Waals surface area contributed by atoms with E-state index in [-0.39, 0.29) is 30.0 Å². The molecule has 1 N–H and O–H groups in total. The van der Waals surface area contributed by atoms with E-state index in [0.717, 1.165) is 39.6 Å². The van der Waals surface area contributed by atoms with Crippen LogP contribution in [-0.2, 0) is 6.18 Å². The van der Waals surface area contributed by atoms with Crippen LogP contribution in [0.2, 0.25) is 0 Å². The average molecular weight is 500 g/mol. The van der Waals surface area contributed by atoms with Gasteiger partial charge in [0, 0.05) is 18.7 Å². The molecular weight excluding hydrogens is 475 g/mol. The summed E-state index contributed by atoms with van der Waals surface area (Å²) >= 11 is 1.48. The van der Waals surface area contributed by atoms with Gasteiger partial charge in [-0.25, -0.2) is 4.98 Å². The van der Waals surface area contributed by atoms with Crippen molar-refractivity contribution in [1.82, 2.24) is 15.2 Å². The first-order valence-corrected chi connectivity index (χ1v) is 12.2. The Hall–Kier alpha value is -3.20. The van der Waals surface area contributed by atoms with Crippen molar-refractivity contribution < 1.29 is 22.8 Å². The van der Waals surface area contributed by atoms with Gasteiger partial charge in [0.15, 0.2) is 0 Å². The minimum absolute atomic E-state index is 0.0556. The van der Waals surface area contributed by atoms with Gasteiger partial charge in [-0.1, -0.05) is 35.9 Å².